The molecule has 6 heteroatoms. The van der Waals surface area contributed by atoms with E-state index < -0.39 is 6.10 Å². The molecule has 1 aliphatic heterocycles. The van der Waals surface area contributed by atoms with E-state index in [1.807, 2.05) is 30.3 Å². The summed E-state index contributed by atoms with van der Waals surface area (Å²) in [4.78, 5) is 16.6. The summed E-state index contributed by atoms with van der Waals surface area (Å²) in [6.07, 6.45) is 3.97. The van der Waals surface area contributed by atoms with Gasteiger partial charge in [-0.15, -0.1) is 0 Å². The maximum atomic E-state index is 12.7. The van der Waals surface area contributed by atoms with E-state index in [1.165, 1.54) is 0 Å². The minimum absolute atomic E-state index is 0.00104. The van der Waals surface area contributed by atoms with Crippen LogP contribution in [-0.4, -0.2) is 41.8 Å². The summed E-state index contributed by atoms with van der Waals surface area (Å²) >= 11 is 0. The largest absolute Gasteiger partial charge is 0.491 e. The Balaban J connectivity index is 1.53. The van der Waals surface area contributed by atoms with Gasteiger partial charge in [0.1, 0.15) is 12.4 Å². The summed E-state index contributed by atoms with van der Waals surface area (Å²) < 4.78 is 5.62. The molecule has 1 amide bonds. The molecule has 6 nitrogen and oxygen atoms in total. The van der Waals surface area contributed by atoms with Crippen LogP contribution >= 0.6 is 0 Å². The highest BCUT2D eigenvalue weighted by Crippen LogP contribution is 2.25. The van der Waals surface area contributed by atoms with Crippen molar-refractivity contribution < 1.29 is 14.6 Å². The molecular formula is C20H25N3O3. The molecule has 1 aliphatic rings. The Morgan fingerprint density at radius 1 is 1.27 bits per heavy atom. The zero-order chi connectivity index (χ0) is 18.2. The number of nitrogens with one attached hydrogen (secondary N) is 2. The average Bonchev–Trinajstić information content (AvgIpc) is 2.68. The lowest BCUT2D eigenvalue weighted by atomic mass is 9.82. The molecule has 3 rings (SSSR count). The summed E-state index contributed by atoms with van der Waals surface area (Å²) in [5.41, 5.74) is 0.746. The predicted octanol–water partition coefficient (Wildman–Crippen LogP) is 2.08. The third-order valence-electron chi connectivity index (χ3n) is 4.65. The quantitative estimate of drug-likeness (QED) is 0.708. The number of benzene rings is 1. The van der Waals surface area contributed by atoms with E-state index in [0.717, 1.165) is 30.9 Å². The van der Waals surface area contributed by atoms with Gasteiger partial charge in [-0.2, -0.15) is 0 Å². The molecule has 0 radical (unpaired) electrons. The number of hydrogen-bond donors (Lipinski definition) is 3. The second-order valence-electron chi connectivity index (χ2n) is 6.60. The molecule has 1 saturated heterocycles. The van der Waals surface area contributed by atoms with Gasteiger partial charge in [0.2, 0.25) is 5.91 Å². The molecule has 0 bridgehead atoms. The first-order chi connectivity index (χ1) is 12.7. The summed E-state index contributed by atoms with van der Waals surface area (Å²) in [5.74, 6) is 0.676. The molecule has 2 heterocycles. The van der Waals surface area contributed by atoms with Crippen LogP contribution in [0.25, 0.3) is 0 Å². The van der Waals surface area contributed by atoms with E-state index in [2.05, 4.69) is 15.6 Å². The number of rotatable bonds is 7. The summed E-state index contributed by atoms with van der Waals surface area (Å²) in [7, 11) is 0. The summed E-state index contributed by atoms with van der Waals surface area (Å²) in [6.45, 7) is 1.75. The molecule has 0 saturated carbocycles. The van der Waals surface area contributed by atoms with Crippen LogP contribution in [0.2, 0.25) is 0 Å². The van der Waals surface area contributed by atoms with Crippen molar-refractivity contribution in [1.29, 1.82) is 0 Å². The molecule has 0 aliphatic carbocycles. The van der Waals surface area contributed by atoms with Crippen LogP contribution in [0, 0.1) is 11.8 Å². The molecule has 138 valence electrons. The number of nitrogens with zero attached hydrogens (tertiary/aromatic N) is 1. The fourth-order valence-corrected chi connectivity index (χ4v) is 3.31. The number of aromatic nitrogens is 1. The zero-order valence-electron chi connectivity index (χ0n) is 14.7. The molecule has 1 aromatic carbocycles. The van der Waals surface area contributed by atoms with Crippen molar-refractivity contribution >= 4 is 11.6 Å². The van der Waals surface area contributed by atoms with Gasteiger partial charge < -0.3 is 20.5 Å². The number of pyridine rings is 1. The van der Waals surface area contributed by atoms with Gasteiger partial charge in [-0.1, -0.05) is 18.2 Å². The number of amides is 1. The van der Waals surface area contributed by atoms with Crippen molar-refractivity contribution in [3.8, 4) is 5.75 Å². The number of hydrogen-bond acceptors (Lipinski definition) is 5. The van der Waals surface area contributed by atoms with Gasteiger partial charge in [-0.3, -0.25) is 9.78 Å². The highest BCUT2D eigenvalue weighted by Gasteiger charge is 2.32. The smallest absolute Gasteiger partial charge is 0.227 e. The normalized spacial score (nSPS) is 21.0. The van der Waals surface area contributed by atoms with Gasteiger partial charge in [0.25, 0.3) is 0 Å². The summed E-state index contributed by atoms with van der Waals surface area (Å²) in [6, 6.07) is 13.0. The van der Waals surface area contributed by atoms with Gasteiger partial charge >= 0.3 is 0 Å². The standard InChI is InChI=1S/C20H25N3O3/c24-17(14-26-18-4-2-1-3-5-18)12-15-13-22-11-8-19(15)20(25)23-16-6-9-21-10-7-16/h1-7,9-10,15,17,19,22,24H,8,11-14H2,(H,21,23,25)/t15-,17?,19?/m1/s1. The fraction of sp³-hybridized carbons (Fsp3) is 0.400. The van der Waals surface area contributed by atoms with Crippen molar-refractivity contribution in [3.05, 3.63) is 54.9 Å². The van der Waals surface area contributed by atoms with Gasteiger partial charge in [0, 0.05) is 24.0 Å². The maximum Gasteiger partial charge on any atom is 0.227 e. The summed E-state index contributed by atoms with van der Waals surface area (Å²) in [5, 5.41) is 16.6. The van der Waals surface area contributed by atoms with Crippen LogP contribution in [0.4, 0.5) is 5.69 Å². The molecule has 2 aromatic rings. The first-order valence-electron chi connectivity index (χ1n) is 9.00. The van der Waals surface area contributed by atoms with Crippen LogP contribution < -0.4 is 15.4 Å². The third kappa shape index (κ3) is 5.28. The Hall–Kier alpha value is -2.44. The van der Waals surface area contributed by atoms with Crippen LogP contribution in [-0.2, 0) is 4.79 Å². The first kappa shape index (κ1) is 18.4. The van der Waals surface area contributed by atoms with Gasteiger partial charge in [-0.25, -0.2) is 0 Å². The SMILES string of the molecule is O=C(Nc1ccncc1)C1CCNC[C@H]1CC(O)COc1ccccc1. The predicted molar refractivity (Wildman–Crippen MR) is 99.9 cm³/mol. The van der Waals surface area contributed by atoms with E-state index in [9.17, 15) is 9.90 Å². The van der Waals surface area contributed by atoms with Crippen molar-refractivity contribution in [1.82, 2.24) is 10.3 Å². The van der Waals surface area contributed by atoms with Crippen LogP contribution in [0.1, 0.15) is 12.8 Å². The maximum absolute atomic E-state index is 12.7. The Bertz CT molecular complexity index is 681. The van der Waals surface area contributed by atoms with Gasteiger partial charge in [0.15, 0.2) is 0 Å². The van der Waals surface area contributed by atoms with E-state index in [-0.39, 0.29) is 24.3 Å². The molecule has 3 atom stereocenters. The number of aliphatic hydroxyl groups excluding tert-OH is 1. The average molecular weight is 355 g/mol. The number of carbonyl (C=O) groups excluding carboxylic acids is 1. The molecule has 1 fully saturated rings. The molecule has 1 aromatic heterocycles. The Morgan fingerprint density at radius 3 is 2.81 bits per heavy atom. The van der Waals surface area contributed by atoms with E-state index in [1.54, 1.807) is 24.5 Å². The highest BCUT2D eigenvalue weighted by molar-refractivity contribution is 5.92. The van der Waals surface area contributed by atoms with E-state index in [4.69, 9.17) is 4.74 Å². The number of aliphatic hydroxyl groups is 1. The van der Waals surface area contributed by atoms with E-state index >= 15 is 0 Å². The minimum Gasteiger partial charge on any atom is -0.491 e. The molecule has 0 spiro atoms. The Labute approximate surface area is 153 Å². The molecule has 3 N–H and O–H groups in total. The lowest BCUT2D eigenvalue weighted by molar-refractivity contribution is -0.122. The Morgan fingerprint density at radius 2 is 2.04 bits per heavy atom. The van der Waals surface area contributed by atoms with Gasteiger partial charge in [0.05, 0.1) is 6.10 Å². The van der Waals surface area contributed by atoms with E-state index in [0.29, 0.717) is 6.42 Å². The van der Waals surface area contributed by atoms with Crippen LogP contribution in [0.15, 0.2) is 54.9 Å². The van der Waals surface area contributed by atoms with Crippen molar-refractivity contribution in [2.45, 2.75) is 18.9 Å². The minimum atomic E-state index is -0.615. The number of para-hydroxylation sites is 1. The monoisotopic (exact) mass is 355 g/mol. The molecule has 2 unspecified atom stereocenters. The second kappa shape index (κ2) is 9.31. The highest BCUT2D eigenvalue weighted by atomic mass is 16.5. The van der Waals surface area contributed by atoms with Crippen molar-refractivity contribution in [3.63, 3.8) is 0 Å². The lowest BCUT2D eigenvalue weighted by Crippen LogP contribution is -2.44. The Kier molecular flexibility index (Phi) is 6.57. The first-order valence-corrected chi connectivity index (χ1v) is 9.00. The molecule has 26 heavy (non-hydrogen) atoms. The number of ether oxygens (including phenoxy) is 1. The fourth-order valence-electron chi connectivity index (χ4n) is 3.31. The van der Waals surface area contributed by atoms with Crippen molar-refractivity contribution in [2.75, 3.05) is 25.0 Å². The zero-order valence-corrected chi connectivity index (χ0v) is 14.7. The lowest BCUT2D eigenvalue weighted by Gasteiger charge is -2.32. The second-order valence-corrected chi connectivity index (χ2v) is 6.60. The third-order valence-corrected chi connectivity index (χ3v) is 4.65. The van der Waals surface area contributed by atoms with Crippen molar-refractivity contribution in [2.24, 2.45) is 11.8 Å². The number of anilines is 1. The van der Waals surface area contributed by atoms with Gasteiger partial charge in [-0.05, 0) is 56.1 Å². The van der Waals surface area contributed by atoms with Crippen LogP contribution in [0.5, 0.6) is 5.75 Å². The number of carbonyl (C=O) groups is 1. The number of piperidine rings is 1. The van der Waals surface area contributed by atoms with Crippen LogP contribution in [0.3, 0.4) is 0 Å². The topological polar surface area (TPSA) is 83.5 Å². The molecular weight excluding hydrogens is 330 g/mol.